The van der Waals surface area contributed by atoms with E-state index < -0.39 is 11.5 Å². The van der Waals surface area contributed by atoms with Gasteiger partial charge in [-0.25, -0.2) is 4.98 Å². The van der Waals surface area contributed by atoms with Crippen LogP contribution < -0.4 is 10.6 Å². The van der Waals surface area contributed by atoms with Crippen molar-refractivity contribution in [2.45, 2.75) is 33.7 Å². The van der Waals surface area contributed by atoms with Crippen LogP contribution in [0.1, 0.15) is 38.5 Å². The summed E-state index contributed by atoms with van der Waals surface area (Å²) in [4.78, 5) is 32.7. The maximum Gasteiger partial charge on any atom is 0.250 e. The molecule has 1 atom stereocenters. The fourth-order valence-electron chi connectivity index (χ4n) is 2.45. The Bertz CT molecular complexity index is 992. The highest BCUT2D eigenvalue weighted by Gasteiger charge is 2.33. The van der Waals surface area contributed by atoms with Crippen LogP contribution in [0.25, 0.3) is 11.6 Å². The van der Waals surface area contributed by atoms with Crippen molar-refractivity contribution < 1.29 is 18.6 Å². The number of aromatic amines is 1. The van der Waals surface area contributed by atoms with Crippen LogP contribution in [0.5, 0.6) is 0 Å². The van der Waals surface area contributed by atoms with Crippen LogP contribution in [0.3, 0.4) is 0 Å². The Morgan fingerprint density at radius 1 is 1.20 bits per heavy atom. The van der Waals surface area contributed by atoms with Crippen LogP contribution in [0.2, 0.25) is 0 Å². The van der Waals surface area contributed by atoms with Gasteiger partial charge in [-0.2, -0.15) is 10.1 Å². The van der Waals surface area contributed by atoms with Gasteiger partial charge in [-0.3, -0.25) is 14.7 Å². The number of aromatic nitrogens is 6. The second-order valence-electron chi connectivity index (χ2n) is 7.52. The number of rotatable bonds is 8. The Balaban J connectivity index is 1.53. The van der Waals surface area contributed by atoms with Crippen LogP contribution in [0.4, 0.5) is 5.82 Å². The molecule has 12 nitrogen and oxygen atoms in total. The van der Waals surface area contributed by atoms with Gasteiger partial charge < -0.3 is 19.7 Å². The molecule has 0 spiro atoms. The lowest BCUT2D eigenvalue weighted by atomic mass is 9.86. The van der Waals surface area contributed by atoms with E-state index in [0.29, 0.717) is 17.4 Å². The first-order valence-corrected chi connectivity index (χ1v) is 10.2. The van der Waals surface area contributed by atoms with Gasteiger partial charge >= 0.3 is 0 Å². The number of hydrogen-bond acceptors (Lipinski definition) is 10. The van der Waals surface area contributed by atoms with Crippen molar-refractivity contribution in [2.75, 3.05) is 16.8 Å². The van der Waals surface area contributed by atoms with Crippen LogP contribution in [0.15, 0.2) is 21.4 Å². The van der Waals surface area contributed by atoms with Crippen molar-refractivity contribution in [2.24, 2.45) is 5.41 Å². The van der Waals surface area contributed by atoms with Gasteiger partial charge in [-0.1, -0.05) is 31.1 Å². The molecule has 0 radical (unpaired) electrons. The molecule has 3 aromatic rings. The normalized spacial score (nSPS) is 12.5. The lowest BCUT2D eigenvalue weighted by Crippen LogP contribution is -2.38. The zero-order valence-electron chi connectivity index (χ0n) is 16.9. The molecular formula is C17H22N8O4S. The van der Waals surface area contributed by atoms with E-state index in [1.807, 2.05) is 20.8 Å². The smallest absolute Gasteiger partial charge is 0.250 e. The zero-order valence-corrected chi connectivity index (χ0v) is 17.7. The van der Waals surface area contributed by atoms with Crippen LogP contribution in [0, 0.1) is 12.3 Å². The first-order chi connectivity index (χ1) is 14.2. The number of carbonyl (C=O) groups excluding carboxylic acids is 2. The molecule has 3 heterocycles. The molecule has 3 aromatic heterocycles. The van der Waals surface area contributed by atoms with Crippen LogP contribution in [-0.4, -0.2) is 53.8 Å². The highest BCUT2D eigenvalue weighted by molar-refractivity contribution is 8.00. The number of anilines is 1. The molecule has 0 aliphatic heterocycles. The number of hydrogen-bond donors (Lipinski definition) is 3. The molecule has 0 saturated carbocycles. The van der Waals surface area contributed by atoms with E-state index in [4.69, 9.17) is 9.05 Å². The SMILES string of the molecule is Cc1cc(NC(=O)CSCC(=O)N[C@H](c2nc(-c3ncn[nH]3)no2)C(C)(C)C)no1. The fourth-order valence-corrected chi connectivity index (χ4v) is 3.08. The summed E-state index contributed by atoms with van der Waals surface area (Å²) in [5.41, 5.74) is -0.395. The molecule has 0 aromatic carbocycles. The topological polar surface area (TPSA) is 165 Å². The van der Waals surface area contributed by atoms with E-state index in [1.165, 1.54) is 18.1 Å². The molecule has 0 unspecified atom stereocenters. The summed E-state index contributed by atoms with van der Waals surface area (Å²) in [6.07, 6.45) is 1.34. The van der Waals surface area contributed by atoms with E-state index in [9.17, 15) is 9.59 Å². The molecule has 0 saturated heterocycles. The number of amides is 2. The molecule has 0 aliphatic carbocycles. The third-order valence-corrected chi connectivity index (χ3v) is 4.78. The van der Waals surface area contributed by atoms with E-state index in [-0.39, 0.29) is 35.0 Å². The highest BCUT2D eigenvalue weighted by atomic mass is 32.2. The van der Waals surface area contributed by atoms with Crippen LogP contribution >= 0.6 is 11.8 Å². The average molecular weight is 434 g/mol. The summed E-state index contributed by atoms with van der Waals surface area (Å²) in [6, 6.07) is 1.09. The van der Waals surface area contributed by atoms with Gasteiger partial charge in [0.05, 0.1) is 11.5 Å². The Labute approximate surface area is 176 Å². The number of carbonyl (C=O) groups is 2. The van der Waals surface area contributed by atoms with Crippen LogP contribution in [-0.2, 0) is 9.59 Å². The molecular weight excluding hydrogens is 412 g/mol. The predicted octanol–water partition coefficient (Wildman–Crippen LogP) is 1.73. The lowest BCUT2D eigenvalue weighted by Gasteiger charge is -2.28. The number of aryl methyl sites for hydroxylation is 1. The summed E-state index contributed by atoms with van der Waals surface area (Å²) in [5, 5.41) is 19.5. The van der Waals surface area contributed by atoms with Gasteiger partial charge in [0.25, 0.3) is 0 Å². The lowest BCUT2D eigenvalue weighted by molar-refractivity contribution is -0.120. The Morgan fingerprint density at radius 2 is 1.97 bits per heavy atom. The number of nitrogens with zero attached hydrogens (tertiary/aromatic N) is 5. The molecule has 160 valence electrons. The zero-order chi connectivity index (χ0) is 21.7. The third-order valence-electron chi connectivity index (χ3n) is 3.85. The fraction of sp³-hybridized carbons (Fsp3) is 0.471. The van der Waals surface area contributed by atoms with E-state index in [2.05, 4.69) is 41.1 Å². The first kappa shape index (κ1) is 21.5. The van der Waals surface area contributed by atoms with Gasteiger partial charge in [-0.05, 0) is 12.3 Å². The maximum absolute atomic E-state index is 12.4. The van der Waals surface area contributed by atoms with Gasteiger partial charge in [0.2, 0.25) is 23.5 Å². The summed E-state index contributed by atoms with van der Waals surface area (Å²) in [7, 11) is 0. The largest absolute Gasteiger partial charge is 0.360 e. The van der Waals surface area contributed by atoms with E-state index in [1.54, 1.807) is 13.0 Å². The molecule has 0 aliphatic rings. The maximum atomic E-state index is 12.4. The summed E-state index contributed by atoms with van der Waals surface area (Å²) >= 11 is 1.17. The molecule has 3 rings (SSSR count). The molecule has 3 N–H and O–H groups in total. The minimum Gasteiger partial charge on any atom is -0.360 e. The Morgan fingerprint density at radius 3 is 2.60 bits per heavy atom. The monoisotopic (exact) mass is 434 g/mol. The van der Waals surface area contributed by atoms with Gasteiger partial charge in [0.1, 0.15) is 18.1 Å². The van der Waals surface area contributed by atoms with Crippen molar-refractivity contribution >= 4 is 29.4 Å². The molecule has 30 heavy (non-hydrogen) atoms. The second kappa shape index (κ2) is 9.07. The first-order valence-electron chi connectivity index (χ1n) is 9.02. The van der Waals surface area contributed by atoms with Crippen molar-refractivity contribution in [3.8, 4) is 11.6 Å². The van der Waals surface area contributed by atoms with Gasteiger partial charge in [-0.15, -0.1) is 11.8 Å². The molecule has 2 amide bonds. The van der Waals surface area contributed by atoms with Crippen molar-refractivity contribution in [1.29, 1.82) is 0 Å². The summed E-state index contributed by atoms with van der Waals surface area (Å²) in [6.45, 7) is 7.55. The summed E-state index contributed by atoms with van der Waals surface area (Å²) in [5.74, 6) is 1.45. The van der Waals surface area contributed by atoms with Crippen molar-refractivity contribution in [3.05, 3.63) is 24.0 Å². The number of thioether (sulfide) groups is 1. The molecule has 0 fully saturated rings. The highest BCUT2D eigenvalue weighted by Crippen LogP contribution is 2.32. The van der Waals surface area contributed by atoms with E-state index >= 15 is 0 Å². The number of nitrogens with one attached hydrogen (secondary N) is 3. The quantitative estimate of drug-likeness (QED) is 0.475. The second-order valence-corrected chi connectivity index (χ2v) is 8.51. The Kier molecular flexibility index (Phi) is 6.50. The van der Waals surface area contributed by atoms with Gasteiger partial charge in [0.15, 0.2) is 11.6 Å². The van der Waals surface area contributed by atoms with E-state index in [0.717, 1.165) is 0 Å². The average Bonchev–Trinajstić information content (AvgIpc) is 3.40. The number of H-pyrrole nitrogens is 1. The minimum absolute atomic E-state index is 0.0843. The Hall–Kier alpha value is -3.22. The predicted molar refractivity (Wildman–Crippen MR) is 107 cm³/mol. The molecule has 0 bridgehead atoms. The standard InChI is InChI=1S/C17H22N8O4S/c1-9-5-10(24-28-9)20-11(26)6-30-7-12(27)21-13(17(2,3)4)16-22-15(25-29-16)14-18-8-19-23-14/h5,8,13H,6-7H2,1-4H3,(H,21,27)(H,18,19,23)(H,20,24,26)/t13-/m1/s1. The van der Waals surface area contributed by atoms with Gasteiger partial charge in [0, 0.05) is 6.07 Å². The minimum atomic E-state index is -0.526. The third kappa shape index (κ3) is 5.65. The van der Waals surface area contributed by atoms with Crippen molar-refractivity contribution in [1.82, 2.24) is 35.8 Å². The van der Waals surface area contributed by atoms with Crippen molar-refractivity contribution in [3.63, 3.8) is 0 Å². The summed E-state index contributed by atoms with van der Waals surface area (Å²) < 4.78 is 10.2. The molecule has 13 heteroatoms.